The number of nitro groups is 2. The van der Waals surface area contributed by atoms with Crippen molar-refractivity contribution in [3.05, 3.63) is 68.8 Å². The Kier molecular flexibility index (Phi) is 17.1. The molecule has 0 radical (unpaired) electrons. The average Bonchev–Trinajstić information content (AvgIpc) is 3.08. The van der Waals surface area contributed by atoms with Gasteiger partial charge in [0, 0.05) is 18.5 Å². The monoisotopic (exact) mass is 984 g/mol. The molecule has 0 fully saturated rings. The minimum atomic E-state index is -6.56. The van der Waals surface area contributed by atoms with Crippen LogP contribution in [-0.4, -0.2) is 96.1 Å². The molecule has 0 aliphatic heterocycles. The summed E-state index contributed by atoms with van der Waals surface area (Å²) in [4.78, 5) is 26.5. The first-order chi connectivity index (χ1) is 27.8. The smallest absolute Gasteiger partial charge is 0.389 e. The molecule has 0 spiro atoms. The highest BCUT2D eigenvalue weighted by Gasteiger charge is 2.53. The van der Waals surface area contributed by atoms with Crippen LogP contribution in [0.3, 0.4) is 0 Å². The van der Waals surface area contributed by atoms with Gasteiger partial charge in [0.25, 0.3) is 0 Å². The molecule has 5 N–H and O–H groups in total. The number of aliphatic hydroxyl groups is 2. The standard InChI is InChI=1S/C14H14F3N3O6S.C11H4F6N2O8S2.C4H11NO.CH4/c1-13(2,21)7-18-10-8-5-3-4-6-9(8)19-12(11(10)20(22)23)26-27(24,25)14(15,16)17;12-10(13,14)28(22,23)26-8-5-3-1-2-4-6(5)18-9(7(8)19(20)21)27-29(24,25)11(15,16)17;1-4(2,6)3-5;/h3-6,21H,7H2,1-2H3,(H,18,19);1-4H;6H,3,5H2,1-2H3;1H4. The minimum absolute atomic E-state index is 0. The fraction of sp³-hybridized carbons (Fsp3) is 0.400. The van der Waals surface area contributed by atoms with E-state index in [1.165, 1.54) is 38.1 Å². The lowest BCUT2D eigenvalue weighted by atomic mass is 10.1. The van der Waals surface area contributed by atoms with E-state index in [0.29, 0.717) is 6.54 Å². The number of para-hydroxylation sites is 2. The quantitative estimate of drug-likeness (QED) is 0.0447. The highest BCUT2D eigenvalue weighted by atomic mass is 32.2. The van der Waals surface area contributed by atoms with E-state index in [4.69, 9.17) is 10.8 Å². The van der Waals surface area contributed by atoms with Crippen molar-refractivity contribution in [2.75, 3.05) is 18.4 Å². The Hall–Kier alpha value is -5.64. The van der Waals surface area contributed by atoms with Gasteiger partial charge in [-0.05, 0) is 45.9 Å². The van der Waals surface area contributed by atoms with Crippen LogP contribution in [0.15, 0.2) is 48.5 Å². The number of pyridine rings is 2. The Morgan fingerprint density at radius 1 is 0.635 bits per heavy atom. The van der Waals surface area contributed by atoms with E-state index in [-0.39, 0.29) is 30.6 Å². The van der Waals surface area contributed by atoms with Crippen LogP contribution in [0.25, 0.3) is 21.8 Å². The van der Waals surface area contributed by atoms with Gasteiger partial charge in [0.2, 0.25) is 5.75 Å². The van der Waals surface area contributed by atoms with Gasteiger partial charge >= 0.3 is 70.0 Å². The van der Waals surface area contributed by atoms with Crippen molar-refractivity contribution in [1.29, 1.82) is 0 Å². The number of aromatic nitrogens is 2. The second-order valence-electron chi connectivity index (χ2n) is 12.9. The molecule has 4 aromatic rings. The topological polar surface area (TPSA) is 321 Å². The molecule has 0 unspecified atom stereocenters. The molecule has 0 aliphatic carbocycles. The summed E-state index contributed by atoms with van der Waals surface area (Å²) >= 11 is 0. The largest absolute Gasteiger partial charge is 0.534 e. The zero-order valence-corrected chi connectivity index (χ0v) is 33.7. The van der Waals surface area contributed by atoms with E-state index in [1.54, 1.807) is 13.8 Å². The number of halogens is 9. The van der Waals surface area contributed by atoms with Crippen LogP contribution >= 0.6 is 0 Å². The summed E-state index contributed by atoms with van der Waals surface area (Å²) in [6.07, 6.45) is 0. The van der Waals surface area contributed by atoms with E-state index < -0.39 is 108 Å². The average molecular weight is 985 g/mol. The number of hydrogen-bond acceptors (Lipinski definition) is 19. The number of alkyl halides is 9. The minimum Gasteiger partial charge on any atom is -0.389 e. The van der Waals surface area contributed by atoms with E-state index in [1.807, 2.05) is 0 Å². The molecule has 0 aliphatic rings. The van der Waals surface area contributed by atoms with Crippen molar-refractivity contribution < 1.29 is 97.4 Å². The molecule has 2 aromatic carbocycles. The second-order valence-corrected chi connectivity index (χ2v) is 17.5. The van der Waals surface area contributed by atoms with Gasteiger partial charge in [-0.3, -0.25) is 20.2 Å². The third-order valence-electron chi connectivity index (χ3n) is 6.61. The molecule has 33 heteroatoms. The molecule has 63 heavy (non-hydrogen) atoms. The van der Waals surface area contributed by atoms with Crippen molar-refractivity contribution in [1.82, 2.24) is 9.97 Å². The molecule has 2 aromatic heterocycles. The summed E-state index contributed by atoms with van der Waals surface area (Å²) < 4.78 is 192. The van der Waals surface area contributed by atoms with Crippen LogP contribution in [0.2, 0.25) is 0 Å². The first-order valence-corrected chi connectivity index (χ1v) is 20.0. The first kappa shape index (κ1) is 55.4. The lowest BCUT2D eigenvalue weighted by Gasteiger charge is -2.20. The summed E-state index contributed by atoms with van der Waals surface area (Å²) in [7, 11) is -19.3. The predicted octanol–water partition coefficient (Wildman–Crippen LogP) is 5.51. The van der Waals surface area contributed by atoms with E-state index >= 15 is 0 Å². The normalized spacial score (nSPS) is 12.8. The number of benzene rings is 2. The molecule has 0 atom stereocenters. The molecule has 2 heterocycles. The van der Waals surface area contributed by atoms with Crippen molar-refractivity contribution >= 4 is 69.2 Å². The zero-order chi connectivity index (χ0) is 48.2. The Morgan fingerprint density at radius 3 is 1.32 bits per heavy atom. The van der Waals surface area contributed by atoms with Crippen LogP contribution in [0.4, 0.5) is 56.6 Å². The maximum absolute atomic E-state index is 12.6. The van der Waals surface area contributed by atoms with Crippen LogP contribution in [0.1, 0.15) is 35.1 Å². The molecular formula is C30H33F9N6O15S3. The number of rotatable bonds is 12. The summed E-state index contributed by atoms with van der Waals surface area (Å²) in [5.41, 5.74) is -19.1. The Labute approximate surface area is 349 Å². The third kappa shape index (κ3) is 14.4. The van der Waals surface area contributed by atoms with Gasteiger partial charge in [-0.2, -0.15) is 64.8 Å². The first-order valence-electron chi connectivity index (χ1n) is 15.8. The van der Waals surface area contributed by atoms with E-state index in [9.17, 15) is 90.1 Å². The van der Waals surface area contributed by atoms with Crippen LogP contribution in [-0.2, 0) is 30.4 Å². The molecular weight excluding hydrogens is 952 g/mol. The number of anilines is 1. The summed E-state index contributed by atoms with van der Waals surface area (Å²) in [5.74, 6) is -5.04. The molecule has 354 valence electrons. The number of hydrogen-bond donors (Lipinski definition) is 4. The fourth-order valence-electron chi connectivity index (χ4n) is 3.80. The third-order valence-corrected chi connectivity index (χ3v) is 9.45. The molecule has 21 nitrogen and oxygen atoms in total. The van der Waals surface area contributed by atoms with Crippen molar-refractivity contribution in [2.24, 2.45) is 5.73 Å². The van der Waals surface area contributed by atoms with Gasteiger partial charge in [-0.1, -0.05) is 37.8 Å². The van der Waals surface area contributed by atoms with Crippen molar-refractivity contribution in [2.45, 2.75) is 62.8 Å². The second kappa shape index (κ2) is 19.4. The zero-order valence-electron chi connectivity index (χ0n) is 31.2. The molecule has 0 saturated carbocycles. The maximum Gasteiger partial charge on any atom is 0.534 e. The predicted molar refractivity (Wildman–Crippen MR) is 200 cm³/mol. The number of nitrogens with two attached hydrogens (primary N) is 1. The molecule has 0 amide bonds. The van der Waals surface area contributed by atoms with Crippen LogP contribution in [0, 0.1) is 20.2 Å². The number of nitrogens with zero attached hydrogens (tertiary/aromatic N) is 4. The van der Waals surface area contributed by atoms with Crippen LogP contribution in [0.5, 0.6) is 17.5 Å². The van der Waals surface area contributed by atoms with Gasteiger partial charge < -0.3 is 33.8 Å². The summed E-state index contributed by atoms with van der Waals surface area (Å²) in [5, 5.41) is 43.1. The summed E-state index contributed by atoms with van der Waals surface area (Å²) in [6, 6.07) is 9.45. The van der Waals surface area contributed by atoms with Crippen molar-refractivity contribution in [3.63, 3.8) is 0 Å². The molecule has 0 saturated heterocycles. The van der Waals surface area contributed by atoms with Gasteiger partial charge in [0.05, 0.1) is 37.5 Å². The van der Waals surface area contributed by atoms with E-state index in [0.717, 1.165) is 24.3 Å². The molecule has 0 bridgehead atoms. The summed E-state index contributed by atoms with van der Waals surface area (Å²) in [6.45, 7) is 6.22. The Balaban J connectivity index is 0.000000551. The molecule has 4 rings (SSSR count). The number of fused-ring (bicyclic) bond motifs is 2. The van der Waals surface area contributed by atoms with Gasteiger partial charge in [-0.25, -0.2) is 9.97 Å². The Morgan fingerprint density at radius 2 is 0.968 bits per heavy atom. The van der Waals surface area contributed by atoms with Crippen LogP contribution < -0.4 is 23.6 Å². The highest BCUT2D eigenvalue weighted by Crippen LogP contribution is 2.45. The van der Waals surface area contributed by atoms with Crippen molar-refractivity contribution in [3.8, 4) is 17.5 Å². The SMILES string of the molecule is C.CC(C)(O)CN.CC(C)(O)CNc1c([N+](=O)[O-])c(OS(=O)(=O)C(F)(F)F)nc2ccccc12.O=[N+]([O-])c1c(OS(=O)(=O)C(F)(F)F)nc2ccccc2c1OS(=O)(=O)C(F)(F)F. The van der Waals surface area contributed by atoms with E-state index in [2.05, 4.69) is 27.8 Å². The van der Waals surface area contributed by atoms with Gasteiger partial charge in [0.1, 0.15) is 5.69 Å². The van der Waals surface area contributed by atoms with Gasteiger partial charge in [-0.15, -0.1) is 0 Å². The maximum atomic E-state index is 12.6. The number of nitrogens with one attached hydrogen (secondary N) is 1. The lowest BCUT2D eigenvalue weighted by Crippen LogP contribution is -2.30. The lowest BCUT2D eigenvalue weighted by molar-refractivity contribution is -0.386. The van der Waals surface area contributed by atoms with Gasteiger partial charge in [0.15, 0.2) is 0 Å². The fourth-order valence-corrected chi connectivity index (χ4v) is 5.12. The Bertz CT molecular complexity index is 2650. The highest BCUT2D eigenvalue weighted by molar-refractivity contribution is 7.88.